The van der Waals surface area contributed by atoms with Crippen LogP contribution >= 0.6 is 0 Å². The molecule has 0 aliphatic carbocycles. The van der Waals surface area contributed by atoms with Crippen LogP contribution in [-0.2, 0) is 32.2 Å². The zero-order valence-corrected chi connectivity index (χ0v) is 17.8. The highest BCUT2D eigenvalue weighted by molar-refractivity contribution is 5.87. The molecule has 0 fully saturated rings. The lowest BCUT2D eigenvalue weighted by molar-refractivity contribution is -0.169. The zero-order valence-electron chi connectivity index (χ0n) is 17.8. The van der Waals surface area contributed by atoms with Gasteiger partial charge in [-0.1, -0.05) is 60.7 Å². The molecule has 2 aromatic carbocycles. The second-order valence-corrected chi connectivity index (χ2v) is 7.47. The molecule has 2 aromatic rings. The van der Waals surface area contributed by atoms with Crippen LogP contribution in [0.2, 0.25) is 0 Å². The van der Waals surface area contributed by atoms with E-state index in [9.17, 15) is 9.59 Å². The molecule has 0 bridgehead atoms. The number of carbonyl (C=O) groups is 2. The molecule has 1 unspecified atom stereocenters. The maximum absolute atomic E-state index is 13.0. The molecule has 0 radical (unpaired) electrons. The van der Waals surface area contributed by atoms with Crippen molar-refractivity contribution in [3.05, 3.63) is 71.8 Å². The molecule has 0 heterocycles. The summed E-state index contributed by atoms with van der Waals surface area (Å²) in [5.41, 5.74) is 1.03. The lowest BCUT2D eigenvalue weighted by atomic mass is 9.82. The molecule has 0 aliphatic heterocycles. The monoisotopic (exact) mass is 397 g/mol. The summed E-state index contributed by atoms with van der Waals surface area (Å²) in [6, 6.07) is 19.0. The SMILES string of the molecule is CCOC(=O)C(N(Cc1ccccc1)Cc1ccccc1)C(C)(C)C(=O)OCC. The summed E-state index contributed by atoms with van der Waals surface area (Å²) >= 11 is 0. The van der Waals surface area contributed by atoms with Crippen molar-refractivity contribution in [3.8, 4) is 0 Å². The van der Waals surface area contributed by atoms with E-state index >= 15 is 0 Å². The zero-order chi connectivity index (χ0) is 21.3. The van der Waals surface area contributed by atoms with Crippen LogP contribution in [0.3, 0.4) is 0 Å². The Bertz CT molecular complexity index is 732. The maximum atomic E-state index is 13.0. The molecule has 2 rings (SSSR count). The van der Waals surface area contributed by atoms with Crippen molar-refractivity contribution in [3.63, 3.8) is 0 Å². The Hall–Kier alpha value is -2.66. The van der Waals surface area contributed by atoms with Crippen LogP contribution in [0.1, 0.15) is 38.8 Å². The van der Waals surface area contributed by atoms with Gasteiger partial charge in [-0.2, -0.15) is 0 Å². The van der Waals surface area contributed by atoms with Gasteiger partial charge in [-0.05, 0) is 38.8 Å². The molecule has 0 aliphatic rings. The van der Waals surface area contributed by atoms with E-state index in [-0.39, 0.29) is 13.2 Å². The van der Waals surface area contributed by atoms with E-state index in [4.69, 9.17) is 9.47 Å². The van der Waals surface area contributed by atoms with Crippen molar-refractivity contribution in [2.24, 2.45) is 5.41 Å². The standard InChI is InChI=1S/C24H31NO4/c1-5-28-22(26)21(24(3,4)23(27)29-6-2)25(17-19-13-9-7-10-14-19)18-20-15-11-8-12-16-20/h7-16,21H,5-6,17-18H2,1-4H3. The topological polar surface area (TPSA) is 55.8 Å². The van der Waals surface area contributed by atoms with Gasteiger partial charge in [0.25, 0.3) is 0 Å². The van der Waals surface area contributed by atoms with Gasteiger partial charge in [-0.15, -0.1) is 0 Å². The molecule has 0 amide bonds. The smallest absolute Gasteiger partial charge is 0.324 e. The number of carbonyl (C=O) groups excluding carboxylic acids is 2. The molecule has 5 heteroatoms. The summed E-state index contributed by atoms with van der Waals surface area (Å²) < 4.78 is 10.7. The second-order valence-electron chi connectivity index (χ2n) is 7.47. The highest BCUT2D eigenvalue weighted by atomic mass is 16.5. The fourth-order valence-electron chi connectivity index (χ4n) is 3.42. The summed E-state index contributed by atoms with van der Waals surface area (Å²) in [6.45, 7) is 8.53. The molecule has 1 atom stereocenters. The fourth-order valence-corrected chi connectivity index (χ4v) is 3.42. The lowest BCUT2D eigenvalue weighted by Gasteiger charge is -2.38. The van der Waals surface area contributed by atoms with Gasteiger partial charge in [0.2, 0.25) is 0 Å². The van der Waals surface area contributed by atoms with Gasteiger partial charge in [0.1, 0.15) is 6.04 Å². The highest BCUT2D eigenvalue weighted by Crippen LogP contribution is 2.31. The predicted molar refractivity (Wildman–Crippen MR) is 113 cm³/mol. The van der Waals surface area contributed by atoms with E-state index in [1.54, 1.807) is 27.7 Å². The number of hydrogen-bond donors (Lipinski definition) is 0. The highest BCUT2D eigenvalue weighted by Gasteiger charge is 2.47. The lowest BCUT2D eigenvalue weighted by Crippen LogP contribution is -2.54. The minimum atomic E-state index is -1.08. The largest absolute Gasteiger partial charge is 0.466 e. The predicted octanol–water partition coefficient (Wildman–Crippen LogP) is 4.21. The first-order chi connectivity index (χ1) is 13.9. The summed E-state index contributed by atoms with van der Waals surface area (Å²) in [4.78, 5) is 27.8. The van der Waals surface area contributed by atoms with Crippen molar-refractivity contribution >= 4 is 11.9 Å². The molecule has 0 aromatic heterocycles. The molecular weight excluding hydrogens is 366 g/mol. The van der Waals surface area contributed by atoms with Crippen LogP contribution < -0.4 is 0 Å². The van der Waals surface area contributed by atoms with Crippen LogP contribution in [0.15, 0.2) is 60.7 Å². The minimum Gasteiger partial charge on any atom is -0.466 e. The molecule has 156 valence electrons. The quantitative estimate of drug-likeness (QED) is 0.562. The Morgan fingerprint density at radius 3 is 1.69 bits per heavy atom. The molecule has 0 spiro atoms. The first-order valence-corrected chi connectivity index (χ1v) is 10.1. The maximum Gasteiger partial charge on any atom is 0.324 e. The number of nitrogens with zero attached hydrogens (tertiary/aromatic N) is 1. The van der Waals surface area contributed by atoms with Crippen molar-refractivity contribution < 1.29 is 19.1 Å². The fraction of sp³-hybridized carbons (Fsp3) is 0.417. The van der Waals surface area contributed by atoms with Gasteiger partial charge in [0, 0.05) is 13.1 Å². The van der Waals surface area contributed by atoms with Crippen LogP contribution in [0, 0.1) is 5.41 Å². The van der Waals surface area contributed by atoms with Gasteiger partial charge in [0.05, 0.1) is 18.6 Å². The first-order valence-electron chi connectivity index (χ1n) is 10.1. The third kappa shape index (κ3) is 6.16. The Morgan fingerprint density at radius 1 is 0.828 bits per heavy atom. The summed E-state index contributed by atoms with van der Waals surface area (Å²) in [5.74, 6) is -0.832. The summed E-state index contributed by atoms with van der Waals surface area (Å²) in [7, 11) is 0. The van der Waals surface area contributed by atoms with Gasteiger partial charge in [-0.25, -0.2) is 0 Å². The van der Waals surface area contributed by atoms with E-state index in [0.29, 0.717) is 13.1 Å². The first kappa shape index (κ1) is 22.6. The molecule has 0 N–H and O–H groups in total. The molecule has 0 saturated heterocycles. The molecule has 29 heavy (non-hydrogen) atoms. The number of hydrogen-bond acceptors (Lipinski definition) is 5. The van der Waals surface area contributed by atoms with Gasteiger partial charge >= 0.3 is 11.9 Å². The van der Waals surface area contributed by atoms with Crippen molar-refractivity contribution in [2.75, 3.05) is 13.2 Å². The summed E-state index contributed by atoms with van der Waals surface area (Å²) in [5, 5.41) is 0. The van der Waals surface area contributed by atoms with Crippen molar-refractivity contribution in [1.82, 2.24) is 4.90 Å². The third-order valence-corrected chi connectivity index (χ3v) is 4.82. The van der Waals surface area contributed by atoms with Crippen LogP contribution in [0.5, 0.6) is 0 Å². The normalized spacial score (nSPS) is 12.4. The second kappa shape index (κ2) is 10.8. The minimum absolute atomic E-state index is 0.249. The van der Waals surface area contributed by atoms with E-state index in [1.807, 2.05) is 65.6 Å². The Labute approximate surface area is 173 Å². The van der Waals surface area contributed by atoms with Crippen molar-refractivity contribution in [2.45, 2.75) is 46.8 Å². The van der Waals surface area contributed by atoms with Crippen LogP contribution in [0.4, 0.5) is 0 Å². The Morgan fingerprint density at radius 2 is 1.28 bits per heavy atom. The number of benzene rings is 2. The molecule has 0 saturated carbocycles. The Balaban J connectivity index is 2.46. The van der Waals surface area contributed by atoms with Gasteiger partial charge in [0.15, 0.2) is 0 Å². The third-order valence-electron chi connectivity index (χ3n) is 4.82. The number of esters is 2. The molecule has 5 nitrogen and oxygen atoms in total. The van der Waals surface area contributed by atoms with E-state index in [1.165, 1.54) is 0 Å². The average Bonchev–Trinajstić information content (AvgIpc) is 2.70. The Kier molecular flexibility index (Phi) is 8.40. The average molecular weight is 398 g/mol. The van der Waals surface area contributed by atoms with E-state index < -0.39 is 23.4 Å². The van der Waals surface area contributed by atoms with E-state index in [2.05, 4.69) is 0 Å². The number of rotatable bonds is 10. The van der Waals surface area contributed by atoms with E-state index in [0.717, 1.165) is 11.1 Å². The summed E-state index contributed by atoms with van der Waals surface area (Å²) in [6.07, 6.45) is 0. The van der Waals surface area contributed by atoms with Gasteiger partial charge < -0.3 is 9.47 Å². The van der Waals surface area contributed by atoms with Crippen LogP contribution in [-0.4, -0.2) is 36.1 Å². The van der Waals surface area contributed by atoms with Crippen molar-refractivity contribution in [1.29, 1.82) is 0 Å². The molecular formula is C24H31NO4. The van der Waals surface area contributed by atoms with Gasteiger partial charge in [-0.3, -0.25) is 14.5 Å². The van der Waals surface area contributed by atoms with Crippen LogP contribution in [0.25, 0.3) is 0 Å². The number of ether oxygens (including phenoxy) is 2.